The molecule has 0 bridgehead atoms. The molecule has 1 aliphatic rings. The fraction of sp³-hybridized carbons (Fsp3) is 0.647. The fourth-order valence-electron chi connectivity index (χ4n) is 2.73. The van der Waals surface area contributed by atoms with Crippen molar-refractivity contribution in [2.75, 3.05) is 0 Å². The van der Waals surface area contributed by atoms with Gasteiger partial charge in [0.1, 0.15) is 0 Å². The molecule has 0 aromatic heterocycles. The smallest absolute Gasteiger partial charge is 0.0820 e. The molecule has 1 N–H and O–H groups in total. The van der Waals surface area contributed by atoms with Gasteiger partial charge >= 0.3 is 0 Å². The van der Waals surface area contributed by atoms with E-state index in [0.717, 1.165) is 0 Å². The first-order valence-electron chi connectivity index (χ1n) is 7.32. The molecule has 1 atom stereocenters. The first-order chi connectivity index (χ1) is 8.50. The van der Waals surface area contributed by atoms with Gasteiger partial charge in [-0.25, -0.2) is 0 Å². The molecule has 1 fully saturated rings. The number of aliphatic hydroxyl groups is 1. The molecule has 1 aromatic carbocycles. The standard InChI is InChI=1S/C17H26O/c1-11(2)14-8-9-15(16(10-14)12(3)4)17(18)13-6-5-7-13/h8-13,17-18H,5-7H2,1-4H3. The van der Waals surface area contributed by atoms with Crippen LogP contribution in [0.25, 0.3) is 0 Å². The van der Waals surface area contributed by atoms with Crippen molar-refractivity contribution in [2.24, 2.45) is 5.92 Å². The van der Waals surface area contributed by atoms with Gasteiger partial charge in [-0.1, -0.05) is 52.3 Å². The van der Waals surface area contributed by atoms with Crippen LogP contribution >= 0.6 is 0 Å². The minimum Gasteiger partial charge on any atom is -0.388 e. The van der Waals surface area contributed by atoms with E-state index < -0.39 is 0 Å². The molecule has 1 heteroatoms. The Hall–Kier alpha value is -0.820. The third kappa shape index (κ3) is 2.61. The van der Waals surface area contributed by atoms with E-state index in [0.29, 0.717) is 17.8 Å². The highest BCUT2D eigenvalue weighted by Gasteiger charge is 2.28. The maximum absolute atomic E-state index is 10.5. The van der Waals surface area contributed by atoms with Crippen LogP contribution in [0.3, 0.4) is 0 Å². The molecule has 1 saturated carbocycles. The predicted octanol–water partition coefficient (Wildman–Crippen LogP) is 4.77. The van der Waals surface area contributed by atoms with Crippen LogP contribution in [0.15, 0.2) is 18.2 Å². The summed E-state index contributed by atoms with van der Waals surface area (Å²) < 4.78 is 0. The van der Waals surface area contributed by atoms with Crippen molar-refractivity contribution in [2.45, 2.75) is 64.9 Å². The van der Waals surface area contributed by atoms with E-state index in [9.17, 15) is 5.11 Å². The minimum absolute atomic E-state index is 0.252. The van der Waals surface area contributed by atoms with Crippen LogP contribution in [0, 0.1) is 5.92 Å². The Kier molecular flexibility index (Phi) is 4.11. The molecule has 1 nitrogen and oxygen atoms in total. The lowest BCUT2D eigenvalue weighted by atomic mass is 9.76. The maximum atomic E-state index is 10.5. The van der Waals surface area contributed by atoms with Gasteiger partial charge in [0.2, 0.25) is 0 Å². The molecule has 0 spiro atoms. The molecule has 0 amide bonds. The Bertz CT molecular complexity index is 402. The van der Waals surface area contributed by atoms with Gasteiger partial charge in [0.15, 0.2) is 0 Å². The lowest BCUT2D eigenvalue weighted by Crippen LogP contribution is -2.21. The summed E-state index contributed by atoms with van der Waals surface area (Å²) in [5.41, 5.74) is 3.88. The lowest BCUT2D eigenvalue weighted by Gasteiger charge is -2.32. The summed E-state index contributed by atoms with van der Waals surface area (Å²) in [4.78, 5) is 0. The van der Waals surface area contributed by atoms with Crippen LogP contribution in [0.1, 0.15) is 81.6 Å². The second-order valence-electron chi connectivity index (χ2n) is 6.33. The summed E-state index contributed by atoms with van der Waals surface area (Å²) in [6.07, 6.45) is 3.40. The van der Waals surface area contributed by atoms with Gasteiger partial charge in [0.25, 0.3) is 0 Å². The van der Waals surface area contributed by atoms with Crippen molar-refractivity contribution in [1.29, 1.82) is 0 Å². The quantitative estimate of drug-likeness (QED) is 0.811. The Morgan fingerprint density at radius 2 is 1.67 bits per heavy atom. The molecule has 0 saturated heterocycles. The first-order valence-corrected chi connectivity index (χ1v) is 7.32. The highest BCUT2D eigenvalue weighted by molar-refractivity contribution is 5.37. The number of hydrogen-bond acceptors (Lipinski definition) is 1. The van der Waals surface area contributed by atoms with E-state index in [1.165, 1.54) is 36.0 Å². The zero-order chi connectivity index (χ0) is 13.3. The number of benzene rings is 1. The van der Waals surface area contributed by atoms with Gasteiger partial charge < -0.3 is 5.11 Å². The molecular weight excluding hydrogens is 220 g/mol. The number of hydrogen-bond donors (Lipinski definition) is 1. The van der Waals surface area contributed by atoms with E-state index in [2.05, 4.69) is 45.9 Å². The van der Waals surface area contributed by atoms with Crippen LogP contribution in [0.2, 0.25) is 0 Å². The zero-order valence-corrected chi connectivity index (χ0v) is 12.1. The van der Waals surface area contributed by atoms with Gasteiger partial charge in [-0.15, -0.1) is 0 Å². The summed E-state index contributed by atoms with van der Waals surface area (Å²) >= 11 is 0. The average molecular weight is 246 g/mol. The zero-order valence-electron chi connectivity index (χ0n) is 12.1. The van der Waals surface area contributed by atoms with E-state index in [-0.39, 0.29) is 6.10 Å². The highest BCUT2D eigenvalue weighted by Crippen LogP contribution is 2.40. The molecule has 100 valence electrons. The summed E-state index contributed by atoms with van der Waals surface area (Å²) in [5, 5.41) is 10.5. The van der Waals surface area contributed by atoms with Crippen LogP contribution < -0.4 is 0 Å². The highest BCUT2D eigenvalue weighted by atomic mass is 16.3. The number of rotatable bonds is 4. The Balaban J connectivity index is 2.33. The monoisotopic (exact) mass is 246 g/mol. The summed E-state index contributed by atoms with van der Waals surface area (Å²) in [5.74, 6) is 1.53. The van der Waals surface area contributed by atoms with Crippen LogP contribution in [-0.4, -0.2) is 5.11 Å². The van der Waals surface area contributed by atoms with Crippen molar-refractivity contribution in [1.82, 2.24) is 0 Å². The maximum Gasteiger partial charge on any atom is 0.0820 e. The van der Waals surface area contributed by atoms with Crippen molar-refractivity contribution in [3.63, 3.8) is 0 Å². The molecule has 1 aliphatic carbocycles. The van der Waals surface area contributed by atoms with Crippen LogP contribution in [-0.2, 0) is 0 Å². The summed E-state index contributed by atoms with van der Waals surface area (Å²) in [6, 6.07) is 6.65. The second-order valence-corrected chi connectivity index (χ2v) is 6.33. The molecule has 2 rings (SSSR count). The predicted molar refractivity (Wildman–Crippen MR) is 76.9 cm³/mol. The van der Waals surface area contributed by atoms with Gasteiger partial charge in [-0.3, -0.25) is 0 Å². The average Bonchev–Trinajstić information content (AvgIpc) is 2.25. The number of aliphatic hydroxyl groups excluding tert-OH is 1. The molecule has 1 aromatic rings. The Labute approximate surface area is 111 Å². The molecule has 18 heavy (non-hydrogen) atoms. The normalized spacial score (nSPS) is 18.2. The van der Waals surface area contributed by atoms with E-state index in [1.54, 1.807) is 0 Å². The minimum atomic E-state index is -0.252. The van der Waals surface area contributed by atoms with E-state index >= 15 is 0 Å². The van der Waals surface area contributed by atoms with Crippen molar-refractivity contribution < 1.29 is 5.11 Å². The fourth-order valence-corrected chi connectivity index (χ4v) is 2.73. The van der Waals surface area contributed by atoms with Gasteiger partial charge in [-0.2, -0.15) is 0 Å². The van der Waals surface area contributed by atoms with E-state index in [1.807, 2.05) is 0 Å². The Morgan fingerprint density at radius 3 is 2.11 bits per heavy atom. The van der Waals surface area contributed by atoms with Gasteiger partial charge in [0, 0.05) is 0 Å². The van der Waals surface area contributed by atoms with Crippen molar-refractivity contribution >= 4 is 0 Å². The first kappa shape index (κ1) is 13.6. The molecule has 0 aliphatic heterocycles. The molecule has 0 heterocycles. The second kappa shape index (κ2) is 5.44. The Morgan fingerprint density at radius 1 is 1.00 bits per heavy atom. The van der Waals surface area contributed by atoms with Crippen molar-refractivity contribution in [3.05, 3.63) is 34.9 Å². The molecule has 1 unspecified atom stereocenters. The SMILES string of the molecule is CC(C)c1ccc(C(O)C2CCC2)c(C(C)C)c1. The van der Waals surface area contributed by atoms with Crippen LogP contribution in [0.5, 0.6) is 0 Å². The van der Waals surface area contributed by atoms with Crippen molar-refractivity contribution in [3.8, 4) is 0 Å². The van der Waals surface area contributed by atoms with Crippen LogP contribution in [0.4, 0.5) is 0 Å². The molecule has 0 radical (unpaired) electrons. The van der Waals surface area contributed by atoms with Gasteiger partial charge in [-0.05, 0) is 47.3 Å². The topological polar surface area (TPSA) is 20.2 Å². The summed E-state index contributed by atoms with van der Waals surface area (Å²) in [7, 11) is 0. The largest absolute Gasteiger partial charge is 0.388 e. The summed E-state index contributed by atoms with van der Waals surface area (Å²) in [6.45, 7) is 8.88. The van der Waals surface area contributed by atoms with E-state index in [4.69, 9.17) is 0 Å². The third-order valence-electron chi connectivity index (χ3n) is 4.31. The molecular formula is C17H26O. The third-order valence-corrected chi connectivity index (χ3v) is 4.31. The van der Waals surface area contributed by atoms with Gasteiger partial charge in [0.05, 0.1) is 6.10 Å². The lowest BCUT2D eigenvalue weighted by molar-refractivity contribution is 0.0612.